The molecule has 0 atom stereocenters. The van der Waals surface area contributed by atoms with E-state index in [2.05, 4.69) is 10.1 Å². The predicted molar refractivity (Wildman–Crippen MR) is 88.9 cm³/mol. The van der Waals surface area contributed by atoms with E-state index in [0.717, 1.165) is 12.8 Å². The number of hydrazone groups is 1. The van der Waals surface area contributed by atoms with Crippen LogP contribution < -0.4 is 16.7 Å². The van der Waals surface area contributed by atoms with Gasteiger partial charge in [0.1, 0.15) is 11.5 Å². The highest BCUT2D eigenvalue weighted by molar-refractivity contribution is 6.03. The van der Waals surface area contributed by atoms with Crippen molar-refractivity contribution in [2.75, 3.05) is 12.1 Å². The van der Waals surface area contributed by atoms with Gasteiger partial charge >= 0.3 is 5.97 Å². The summed E-state index contributed by atoms with van der Waals surface area (Å²) in [6.07, 6.45) is 7.01. The van der Waals surface area contributed by atoms with Crippen LogP contribution in [-0.2, 0) is 4.74 Å². The van der Waals surface area contributed by atoms with Crippen molar-refractivity contribution in [3.63, 3.8) is 0 Å². The molecule has 3 rings (SSSR count). The quantitative estimate of drug-likeness (QED) is 0.292. The van der Waals surface area contributed by atoms with Crippen LogP contribution in [0.5, 0.6) is 0 Å². The molecule has 8 heteroatoms. The fourth-order valence-electron chi connectivity index (χ4n) is 2.25. The third-order valence-corrected chi connectivity index (χ3v) is 3.47. The summed E-state index contributed by atoms with van der Waals surface area (Å²) in [6, 6.07) is 1.63. The fourth-order valence-corrected chi connectivity index (χ4v) is 2.25. The maximum Gasteiger partial charge on any atom is 0.339 e. The van der Waals surface area contributed by atoms with Crippen LogP contribution in [0.15, 0.2) is 29.8 Å². The number of hydrogen-bond acceptors (Lipinski definition) is 6. The van der Waals surface area contributed by atoms with Crippen LogP contribution in [0.2, 0.25) is 0 Å². The summed E-state index contributed by atoms with van der Waals surface area (Å²) in [4.78, 5) is 16.0. The minimum absolute atomic E-state index is 0.261. The number of nitrogens with two attached hydrogens (primary N) is 2. The van der Waals surface area contributed by atoms with Crippen molar-refractivity contribution in [2.45, 2.75) is 26.7 Å². The van der Waals surface area contributed by atoms with E-state index in [9.17, 15) is 4.79 Å². The molecule has 1 saturated carbocycles. The molecule has 4 N–H and O–H groups in total. The maximum atomic E-state index is 11.8. The molecular formula is C15H22N6O2. The Morgan fingerprint density at radius 1 is 1.48 bits per heavy atom. The van der Waals surface area contributed by atoms with Gasteiger partial charge in [-0.15, -0.1) is 0 Å². The lowest BCUT2D eigenvalue weighted by molar-refractivity contribution is 0.0600. The number of esters is 1. The molecule has 124 valence electrons. The number of anilines is 1. The summed E-state index contributed by atoms with van der Waals surface area (Å²) < 4.78 is 6.47. The number of aromatic nitrogens is 2. The molecule has 0 bridgehead atoms. The van der Waals surface area contributed by atoms with Gasteiger partial charge in [-0.3, -0.25) is 5.01 Å². The number of carbonyl (C=O) groups is 1. The number of pyridine rings is 1. The summed E-state index contributed by atoms with van der Waals surface area (Å²) in [6.45, 7) is 4.00. The number of fused-ring (bicyclic) bond motifs is 1. The maximum absolute atomic E-state index is 11.8. The van der Waals surface area contributed by atoms with E-state index in [4.69, 9.17) is 16.4 Å². The van der Waals surface area contributed by atoms with E-state index >= 15 is 0 Å². The van der Waals surface area contributed by atoms with E-state index in [1.54, 1.807) is 29.1 Å². The molecule has 0 saturated heterocycles. The number of methoxy groups -OCH3 is 1. The van der Waals surface area contributed by atoms with Gasteiger partial charge in [-0.05, 0) is 18.9 Å². The Balaban J connectivity index is 0.000000924. The van der Waals surface area contributed by atoms with Crippen LogP contribution in [0.25, 0.3) is 5.65 Å². The molecule has 8 nitrogen and oxygen atoms in total. The van der Waals surface area contributed by atoms with Gasteiger partial charge in [-0.25, -0.2) is 15.6 Å². The highest BCUT2D eigenvalue weighted by atomic mass is 16.5. The second kappa shape index (κ2) is 7.10. The van der Waals surface area contributed by atoms with E-state index in [0.29, 0.717) is 22.7 Å². The Labute approximate surface area is 134 Å². The van der Waals surface area contributed by atoms with Crippen molar-refractivity contribution in [2.24, 2.45) is 22.7 Å². The van der Waals surface area contributed by atoms with E-state index in [1.807, 2.05) is 13.8 Å². The van der Waals surface area contributed by atoms with Gasteiger partial charge in [0.15, 0.2) is 5.65 Å². The number of imidazole rings is 1. The van der Waals surface area contributed by atoms with Crippen LogP contribution >= 0.6 is 0 Å². The molecule has 2 aromatic heterocycles. The zero-order chi connectivity index (χ0) is 17.0. The third-order valence-electron chi connectivity index (χ3n) is 3.47. The molecule has 23 heavy (non-hydrogen) atoms. The lowest BCUT2D eigenvalue weighted by Gasteiger charge is -2.21. The summed E-state index contributed by atoms with van der Waals surface area (Å²) in [7, 11) is 1.33. The molecule has 1 aliphatic rings. The van der Waals surface area contributed by atoms with Crippen molar-refractivity contribution in [3.05, 3.63) is 30.2 Å². The Morgan fingerprint density at radius 2 is 2.17 bits per heavy atom. The molecular weight excluding hydrogens is 296 g/mol. The normalized spacial score (nSPS) is 14.2. The largest absolute Gasteiger partial charge is 0.465 e. The monoisotopic (exact) mass is 318 g/mol. The zero-order valence-corrected chi connectivity index (χ0v) is 13.6. The first-order valence-electron chi connectivity index (χ1n) is 7.53. The first-order valence-corrected chi connectivity index (χ1v) is 7.53. The average molecular weight is 318 g/mol. The molecule has 2 aromatic rings. The Morgan fingerprint density at radius 3 is 2.74 bits per heavy atom. The Bertz CT molecular complexity index is 720. The van der Waals surface area contributed by atoms with Gasteiger partial charge in [0, 0.05) is 24.5 Å². The topological polar surface area (TPSA) is 111 Å². The molecule has 1 fully saturated rings. The standard InChI is InChI=1S/C13H16N6O2.C2H6/c1-21-13(20)9-6-10(12-16-4-5-18(12)7-9)19(15)11(17-14)8-2-3-8;1-2/h4-8H,2-3,14-15H2,1H3;1-2H3/b17-11-;. The van der Waals surface area contributed by atoms with E-state index < -0.39 is 5.97 Å². The van der Waals surface area contributed by atoms with Crippen molar-refractivity contribution < 1.29 is 9.53 Å². The first kappa shape index (κ1) is 16.8. The Hall–Kier alpha value is -2.61. The van der Waals surface area contributed by atoms with E-state index in [-0.39, 0.29) is 5.92 Å². The van der Waals surface area contributed by atoms with Gasteiger partial charge in [0.2, 0.25) is 0 Å². The van der Waals surface area contributed by atoms with Crippen molar-refractivity contribution >= 4 is 23.1 Å². The summed E-state index contributed by atoms with van der Waals surface area (Å²) >= 11 is 0. The van der Waals surface area contributed by atoms with Crippen molar-refractivity contribution in [1.82, 2.24) is 9.38 Å². The smallest absolute Gasteiger partial charge is 0.339 e. The molecule has 0 aromatic carbocycles. The van der Waals surface area contributed by atoms with Gasteiger partial charge < -0.3 is 15.0 Å². The number of carbonyl (C=O) groups excluding carboxylic acids is 1. The highest BCUT2D eigenvalue weighted by Gasteiger charge is 2.32. The molecule has 0 aliphatic heterocycles. The highest BCUT2D eigenvalue weighted by Crippen LogP contribution is 2.33. The van der Waals surface area contributed by atoms with Crippen molar-refractivity contribution in [3.8, 4) is 0 Å². The van der Waals surface area contributed by atoms with E-state index in [1.165, 1.54) is 12.1 Å². The molecule has 0 unspecified atom stereocenters. The average Bonchev–Trinajstić information content (AvgIpc) is 3.31. The number of nitrogens with zero attached hydrogens (tertiary/aromatic N) is 4. The number of amidine groups is 1. The molecule has 0 spiro atoms. The van der Waals surface area contributed by atoms with Crippen LogP contribution in [0.1, 0.15) is 37.0 Å². The summed E-state index contributed by atoms with van der Waals surface area (Å²) in [5.41, 5.74) is 1.55. The number of hydrogen-bond donors (Lipinski definition) is 2. The first-order chi connectivity index (χ1) is 11.2. The van der Waals surface area contributed by atoms with Crippen LogP contribution in [-0.4, -0.2) is 28.3 Å². The molecule has 2 heterocycles. The lowest BCUT2D eigenvalue weighted by Crippen LogP contribution is -2.40. The third kappa shape index (κ3) is 3.26. The molecule has 0 radical (unpaired) electrons. The summed E-state index contributed by atoms with van der Waals surface area (Å²) in [5, 5.41) is 5.17. The second-order valence-corrected chi connectivity index (χ2v) is 4.90. The predicted octanol–water partition coefficient (Wildman–Crippen LogP) is 1.51. The number of ether oxygens (including phenoxy) is 1. The Kier molecular flexibility index (Phi) is 5.17. The summed E-state index contributed by atoms with van der Waals surface area (Å²) in [5.74, 6) is 12.0. The van der Waals surface area contributed by atoms with Gasteiger partial charge in [0.25, 0.3) is 0 Å². The van der Waals surface area contributed by atoms with Gasteiger partial charge in [-0.2, -0.15) is 5.10 Å². The number of rotatable bonds is 3. The SMILES string of the molecule is CC.COC(=O)c1cc(N(N)/C(=N\N)C2CC2)c2nccn2c1. The molecule has 1 aliphatic carbocycles. The zero-order valence-electron chi connectivity index (χ0n) is 13.6. The van der Waals surface area contributed by atoms with Gasteiger partial charge in [0.05, 0.1) is 12.7 Å². The van der Waals surface area contributed by atoms with Crippen LogP contribution in [0.3, 0.4) is 0 Å². The minimum atomic E-state index is -0.446. The van der Waals surface area contributed by atoms with Crippen molar-refractivity contribution in [1.29, 1.82) is 0 Å². The van der Waals surface area contributed by atoms with Crippen LogP contribution in [0.4, 0.5) is 5.69 Å². The second-order valence-electron chi connectivity index (χ2n) is 4.90. The molecule has 0 amide bonds. The number of hydrazine groups is 1. The van der Waals surface area contributed by atoms with Crippen LogP contribution in [0, 0.1) is 5.92 Å². The fraction of sp³-hybridized carbons (Fsp3) is 0.400. The minimum Gasteiger partial charge on any atom is -0.465 e. The lowest BCUT2D eigenvalue weighted by atomic mass is 10.2. The van der Waals surface area contributed by atoms with Gasteiger partial charge in [-0.1, -0.05) is 13.8 Å².